The summed E-state index contributed by atoms with van der Waals surface area (Å²) in [5, 5.41) is 18.9. The molecule has 0 saturated carbocycles. The second-order valence-electron chi connectivity index (χ2n) is 7.20. The Hall–Kier alpha value is -3.32. The van der Waals surface area contributed by atoms with Crippen LogP contribution in [-0.4, -0.2) is 57.2 Å². The second-order valence-corrected chi connectivity index (χ2v) is 8.16. The Morgan fingerprint density at radius 3 is 2.72 bits per heavy atom. The highest BCUT2D eigenvalue weighted by atomic mass is 32.1. The summed E-state index contributed by atoms with van der Waals surface area (Å²) in [5.41, 5.74) is 1.08. The monoisotopic (exact) mass is 461 g/mol. The number of rotatable bonds is 6. The van der Waals surface area contributed by atoms with Gasteiger partial charge in [-0.25, -0.2) is 15.0 Å². The topological polar surface area (TPSA) is 121 Å². The molecule has 0 radical (unpaired) electrons. The molecule has 0 aromatic carbocycles. The Labute approximate surface area is 186 Å². The van der Waals surface area contributed by atoms with Gasteiger partial charge < -0.3 is 20.9 Å². The third-order valence-corrected chi connectivity index (χ3v) is 5.57. The van der Waals surface area contributed by atoms with E-state index in [0.717, 1.165) is 38.2 Å². The van der Waals surface area contributed by atoms with Gasteiger partial charge in [0.15, 0.2) is 5.01 Å². The minimum Gasteiger partial charge on any atom is -0.344 e. The van der Waals surface area contributed by atoms with E-state index in [2.05, 4.69) is 46.0 Å². The first-order chi connectivity index (χ1) is 15.3. The number of aromatic nitrogens is 5. The van der Waals surface area contributed by atoms with Crippen LogP contribution in [0, 0.1) is 0 Å². The van der Waals surface area contributed by atoms with Gasteiger partial charge in [-0.2, -0.15) is 8.78 Å². The lowest BCUT2D eigenvalue weighted by Gasteiger charge is -2.26. The molecule has 1 aliphatic heterocycles. The normalized spacial score (nSPS) is 14.3. The van der Waals surface area contributed by atoms with Crippen molar-refractivity contribution in [3.05, 3.63) is 30.4 Å². The van der Waals surface area contributed by atoms with Crippen molar-refractivity contribution in [2.45, 2.75) is 19.8 Å². The van der Waals surface area contributed by atoms with Crippen LogP contribution in [-0.2, 0) is 10.7 Å². The minimum atomic E-state index is -3.18. The first kappa shape index (κ1) is 21.9. The Kier molecular flexibility index (Phi) is 6.19. The fourth-order valence-electron chi connectivity index (χ4n) is 3.06. The quantitative estimate of drug-likeness (QED) is 0.509. The van der Waals surface area contributed by atoms with Crippen LogP contribution in [0.15, 0.2) is 24.5 Å². The lowest BCUT2D eigenvalue weighted by molar-refractivity contribution is -0.114. The SMILES string of the molecule is CC(=O)Nc1cc(Nc2ccnc(C(C)(F)F)n2)c(-c2nnc(N3CCNCC3)s2)cn1. The predicted octanol–water partition coefficient (Wildman–Crippen LogP) is 2.61. The molecule has 3 aromatic heterocycles. The Balaban J connectivity index is 1.68. The van der Waals surface area contributed by atoms with Gasteiger partial charge in [0.05, 0.1) is 11.3 Å². The van der Waals surface area contributed by atoms with Crippen molar-refractivity contribution in [2.75, 3.05) is 41.7 Å². The molecule has 1 fully saturated rings. The van der Waals surface area contributed by atoms with Crippen molar-refractivity contribution in [2.24, 2.45) is 0 Å². The third-order valence-electron chi connectivity index (χ3n) is 4.55. The molecule has 3 N–H and O–H groups in total. The van der Waals surface area contributed by atoms with E-state index < -0.39 is 11.7 Å². The van der Waals surface area contributed by atoms with Crippen molar-refractivity contribution < 1.29 is 13.6 Å². The van der Waals surface area contributed by atoms with Gasteiger partial charge in [-0.1, -0.05) is 11.3 Å². The van der Waals surface area contributed by atoms with Crippen LogP contribution in [0.2, 0.25) is 0 Å². The number of alkyl halides is 2. The molecular weight excluding hydrogens is 440 g/mol. The number of pyridine rings is 1. The largest absolute Gasteiger partial charge is 0.344 e. The molecule has 4 heterocycles. The summed E-state index contributed by atoms with van der Waals surface area (Å²) in [7, 11) is 0. The van der Waals surface area contributed by atoms with Gasteiger partial charge in [-0.05, 0) is 6.07 Å². The van der Waals surface area contributed by atoms with Gasteiger partial charge in [0.25, 0.3) is 0 Å². The fourth-order valence-corrected chi connectivity index (χ4v) is 3.98. The van der Waals surface area contributed by atoms with E-state index in [-0.39, 0.29) is 11.7 Å². The number of nitrogens with one attached hydrogen (secondary N) is 3. The minimum absolute atomic E-state index is 0.171. The van der Waals surface area contributed by atoms with Crippen LogP contribution in [0.4, 0.5) is 31.2 Å². The molecule has 1 aliphatic rings. The van der Waals surface area contributed by atoms with E-state index in [1.807, 2.05) is 0 Å². The number of amides is 1. The number of nitrogens with zero attached hydrogens (tertiary/aromatic N) is 6. The van der Waals surface area contributed by atoms with Gasteiger partial charge in [0.1, 0.15) is 11.6 Å². The third kappa shape index (κ3) is 5.11. The molecule has 1 saturated heterocycles. The van der Waals surface area contributed by atoms with Crippen molar-refractivity contribution >= 4 is 39.7 Å². The summed E-state index contributed by atoms with van der Waals surface area (Å²) < 4.78 is 27.3. The molecule has 1 amide bonds. The fraction of sp³-hybridized carbons (Fsp3) is 0.368. The summed E-state index contributed by atoms with van der Waals surface area (Å²) in [5.74, 6) is -3.60. The van der Waals surface area contributed by atoms with E-state index in [9.17, 15) is 13.6 Å². The van der Waals surface area contributed by atoms with Crippen LogP contribution in [0.5, 0.6) is 0 Å². The standard InChI is InChI=1S/C19H21F2N9OS/c1-11(31)25-15-9-13(26-14-3-4-23-17(27-14)19(2,20)21)12(10-24-15)16-28-29-18(32-16)30-7-5-22-6-8-30/h3-4,9-10,22H,5-8H2,1-2H3,(H2,23,24,25,26,27,31). The summed E-state index contributed by atoms with van der Waals surface area (Å²) in [6, 6.07) is 3.07. The maximum Gasteiger partial charge on any atom is 0.303 e. The van der Waals surface area contributed by atoms with Gasteiger partial charge in [0.2, 0.25) is 16.9 Å². The zero-order chi connectivity index (χ0) is 22.7. The van der Waals surface area contributed by atoms with Crippen molar-refractivity contribution in [1.29, 1.82) is 0 Å². The highest BCUT2D eigenvalue weighted by molar-refractivity contribution is 7.18. The lowest BCUT2D eigenvalue weighted by atomic mass is 10.2. The van der Waals surface area contributed by atoms with Crippen LogP contribution in [0.1, 0.15) is 19.7 Å². The van der Waals surface area contributed by atoms with E-state index in [0.29, 0.717) is 22.1 Å². The molecule has 10 nitrogen and oxygen atoms in total. The number of halogens is 2. The van der Waals surface area contributed by atoms with Crippen LogP contribution >= 0.6 is 11.3 Å². The van der Waals surface area contributed by atoms with Crippen LogP contribution < -0.4 is 20.9 Å². The van der Waals surface area contributed by atoms with Crippen molar-refractivity contribution in [3.8, 4) is 10.6 Å². The molecule has 13 heteroatoms. The predicted molar refractivity (Wildman–Crippen MR) is 117 cm³/mol. The Morgan fingerprint density at radius 1 is 1.22 bits per heavy atom. The number of piperazine rings is 1. The summed E-state index contributed by atoms with van der Waals surface area (Å²) in [6.07, 6.45) is 2.80. The summed E-state index contributed by atoms with van der Waals surface area (Å²) in [4.78, 5) is 25.4. The zero-order valence-corrected chi connectivity index (χ0v) is 18.2. The zero-order valence-electron chi connectivity index (χ0n) is 17.4. The van der Waals surface area contributed by atoms with Crippen molar-refractivity contribution in [3.63, 3.8) is 0 Å². The van der Waals surface area contributed by atoms with Gasteiger partial charge in [-0.15, -0.1) is 10.2 Å². The number of hydrogen-bond donors (Lipinski definition) is 3. The Morgan fingerprint density at radius 2 is 2.00 bits per heavy atom. The highest BCUT2D eigenvalue weighted by Gasteiger charge is 2.28. The van der Waals surface area contributed by atoms with Crippen LogP contribution in [0.3, 0.4) is 0 Å². The Bertz CT molecular complexity index is 1110. The average Bonchev–Trinajstić information content (AvgIpc) is 3.24. The maximum atomic E-state index is 13.7. The first-order valence-electron chi connectivity index (χ1n) is 9.85. The number of anilines is 4. The van der Waals surface area contributed by atoms with Gasteiger partial charge >= 0.3 is 5.92 Å². The first-order valence-corrected chi connectivity index (χ1v) is 10.7. The average molecular weight is 462 g/mol. The smallest absolute Gasteiger partial charge is 0.303 e. The lowest BCUT2D eigenvalue weighted by Crippen LogP contribution is -2.43. The molecule has 168 valence electrons. The van der Waals surface area contributed by atoms with Crippen molar-refractivity contribution in [1.82, 2.24) is 30.5 Å². The molecular formula is C19H21F2N9OS. The molecule has 0 unspecified atom stereocenters. The number of hydrogen-bond acceptors (Lipinski definition) is 10. The second kappa shape index (κ2) is 9.04. The molecule has 0 spiro atoms. The van der Waals surface area contributed by atoms with Gasteiger partial charge in [0, 0.05) is 58.5 Å². The molecule has 32 heavy (non-hydrogen) atoms. The highest BCUT2D eigenvalue weighted by Crippen LogP contribution is 2.35. The summed E-state index contributed by atoms with van der Waals surface area (Å²) >= 11 is 1.40. The molecule has 0 atom stereocenters. The molecule has 4 rings (SSSR count). The maximum absolute atomic E-state index is 13.7. The van der Waals surface area contributed by atoms with E-state index in [1.165, 1.54) is 30.5 Å². The molecule has 0 aliphatic carbocycles. The van der Waals surface area contributed by atoms with E-state index in [4.69, 9.17) is 0 Å². The van der Waals surface area contributed by atoms with E-state index >= 15 is 0 Å². The van der Waals surface area contributed by atoms with Crippen LogP contribution in [0.25, 0.3) is 10.6 Å². The van der Waals surface area contributed by atoms with E-state index in [1.54, 1.807) is 12.3 Å². The number of carbonyl (C=O) groups excluding carboxylic acids is 1. The molecule has 3 aromatic rings. The molecule has 0 bridgehead atoms. The summed E-state index contributed by atoms with van der Waals surface area (Å²) in [6.45, 7) is 5.49. The number of carbonyl (C=O) groups is 1. The van der Waals surface area contributed by atoms with Gasteiger partial charge in [-0.3, -0.25) is 4.79 Å².